The summed E-state index contributed by atoms with van der Waals surface area (Å²) in [6.07, 6.45) is 0. The van der Waals surface area contributed by atoms with E-state index in [9.17, 15) is 8.42 Å². The predicted molar refractivity (Wildman–Crippen MR) is 90.3 cm³/mol. The fourth-order valence-corrected chi connectivity index (χ4v) is 5.28. The van der Waals surface area contributed by atoms with Gasteiger partial charge in [0.25, 0.3) is 0 Å². The summed E-state index contributed by atoms with van der Waals surface area (Å²) in [5.74, 6) is 0.320. The summed E-state index contributed by atoms with van der Waals surface area (Å²) in [7, 11) is -3.38. The van der Waals surface area contributed by atoms with Crippen molar-refractivity contribution in [3.05, 3.63) is 15.8 Å². The molecule has 0 radical (unpaired) electrons. The highest BCUT2D eigenvalue weighted by Gasteiger charge is 2.27. The normalized spacial score (nSPS) is 12.8. The van der Waals surface area contributed by atoms with Crippen LogP contribution in [0.3, 0.4) is 0 Å². The van der Waals surface area contributed by atoms with Crippen LogP contribution in [0.4, 0.5) is 0 Å². The first-order valence-corrected chi connectivity index (χ1v) is 9.77. The van der Waals surface area contributed by atoms with E-state index < -0.39 is 10.0 Å². The van der Waals surface area contributed by atoms with Crippen LogP contribution in [0.25, 0.3) is 0 Å². The summed E-state index contributed by atoms with van der Waals surface area (Å²) in [4.78, 5) is 2.41. The molecule has 0 aliphatic carbocycles. The third-order valence-electron chi connectivity index (χ3n) is 3.15. The molecule has 4 nitrogen and oxygen atoms in total. The van der Waals surface area contributed by atoms with Crippen LogP contribution >= 0.6 is 11.3 Å². The van der Waals surface area contributed by atoms with Crippen LogP contribution in [0.2, 0.25) is 0 Å². The van der Waals surface area contributed by atoms with Crippen molar-refractivity contribution in [3.63, 3.8) is 0 Å². The largest absolute Gasteiger partial charge is 0.310 e. The van der Waals surface area contributed by atoms with E-state index in [2.05, 4.69) is 19.2 Å². The number of nitrogens with one attached hydrogen (secondary N) is 1. The Bertz CT molecular complexity index is 548. The monoisotopic (exact) mass is 332 g/mol. The number of aryl methyl sites for hydroxylation is 1. The van der Waals surface area contributed by atoms with E-state index in [0.29, 0.717) is 29.9 Å². The van der Waals surface area contributed by atoms with Crippen LogP contribution in [0.5, 0.6) is 0 Å². The zero-order chi connectivity index (χ0) is 16.2. The molecule has 0 unspecified atom stereocenters. The fourth-order valence-electron chi connectivity index (χ4n) is 2.12. The van der Waals surface area contributed by atoms with Gasteiger partial charge in [-0.3, -0.25) is 0 Å². The van der Waals surface area contributed by atoms with Gasteiger partial charge in [0.2, 0.25) is 10.0 Å². The molecule has 0 spiro atoms. The van der Waals surface area contributed by atoms with Crippen molar-refractivity contribution in [2.75, 3.05) is 13.1 Å². The molecule has 122 valence electrons. The minimum atomic E-state index is -3.38. The first-order valence-electron chi connectivity index (χ1n) is 7.51. The number of nitrogens with zero attached hydrogens (tertiary/aromatic N) is 1. The van der Waals surface area contributed by atoms with E-state index in [1.807, 2.05) is 33.8 Å². The SMILES string of the molecule is CCN(CC(C)C)S(=O)(=O)c1cc(CNC(C)C)sc1C. The molecule has 1 N–H and O–H groups in total. The minimum Gasteiger partial charge on any atom is -0.310 e. The molecule has 0 aromatic carbocycles. The summed E-state index contributed by atoms with van der Waals surface area (Å²) >= 11 is 1.56. The van der Waals surface area contributed by atoms with E-state index in [-0.39, 0.29) is 0 Å². The molecule has 0 atom stereocenters. The highest BCUT2D eigenvalue weighted by Crippen LogP contribution is 2.28. The van der Waals surface area contributed by atoms with Gasteiger partial charge in [0.15, 0.2) is 0 Å². The first kappa shape index (κ1) is 18.6. The van der Waals surface area contributed by atoms with Crippen LogP contribution in [0.15, 0.2) is 11.0 Å². The minimum absolute atomic E-state index is 0.320. The number of thiophene rings is 1. The molecule has 0 saturated carbocycles. The lowest BCUT2D eigenvalue weighted by Crippen LogP contribution is -2.34. The third kappa shape index (κ3) is 5.06. The van der Waals surface area contributed by atoms with Gasteiger partial charge in [0.05, 0.1) is 4.90 Å². The van der Waals surface area contributed by atoms with Gasteiger partial charge in [-0.1, -0.05) is 34.6 Å². The van der Waals surface area contributed by atoms with Gasteiger partial charge in [-0.15, -0.1) is 11.3 Å². The summed E-state index contributed by atoms with van der Waals surface area (Å²) in [5, 5.41) is 3.33. The fraction of sp³-hybridized carbons (Fsp3) is 0.733. The lowest BCUT2D eigenvalue weighted by Gasteiger charge is -2.22. The maximum Gasteiger partial charge on any atom is 0.244 e. The molecule has 0 saturated heterocycles. The Morgan fingerprint density at radius 2 is 1.90 bits per heavy atom. The molecule has 6 heteroatoms. The Labute approximate surface area is 133 Å². The van der Waals surface area contributed by atoms with Crippen molar-refractivity contribution in [3.8, 4) is 0 Å². The molecule has 21 heavy (non-hydrogen) atoms. The Morgan fingerprint density at radius 1 is 1.29 bits per heavy atom. The Hall–Kier alpha value is -0.430. The van der Waals surface area contributed by atoms with Crippen molar-refractivity contribution in [1.82, 2.24) is 9.62 Å². The number of hydrogen-bond acceptors (Lipinski definition) is 4. The Morgan fingerprint density at radius 3 is 2.38 bits per heavy atom. The molecular formula is C15H28N2O2S2. The zero-order valence-corrected chi connectivity index (χ0v) is 15.6. The second-order valence-electron chi connectivity index (χ2n) is 6.02. The maximum absolute atomic E-state index is 12.8. The van der Waals surface area contributed by atoms with E-state index in [1.165, 1.54) is 0 Å². The Kier molecular flexibility index (Phi) is 6.84. The van der Waals surface area contributed by atoms with Crippen LogP contribution in [0, 0.1) is 12.8 Å². The van der Waals surface area contributed by atoms with E-state index in [1.54, 1.807) is 15.6 Å². The van der Waals surface area contributed by atoms with E-state index >= 15 is 0 Å². The maximum atomic E-state index is 12.8. The average Bonchev–Trinajstić information content (AvgIpc) is 2.75. The van der Waals surface area contributed by atoms with Gasteiger partial charge < -0.3 is 5.32 Å². The summed E-state index contributed by atoms with van der Waals surface area (Å²) in [6.45, 7) is 13.8. The number of rotatable bonds is 8. The van der Waals surface area contributed by atoms with Gasteiger partial charge in [0.1, 0.15) is 0 Å². The second kappa shape index (κ2) is 7.72. The molecule has 0 fully saturated rings. The molecule has 0 aliphatic heterocycles. The van der Waals surface area contributed by atoms with Crippen LogP contribution in [0.1, 0.15) is 44.4 Å². The first-order chi connectivity index (χ1) is 9.68. The van der Waals surface area contributed by atoms with Crippen molar-refractivity contribution in [2.45, 2.75) is 59.0 Å². The van der Waals surface area contributed by atoms with Crippen LogP contribution < -0.4 is 5.32 Å². The molecule has 0 amide bonds. The van der Waals surface area contributed by atoms with Gasteiger partial charge in [-0.2, -0.15) is 4.31 Å². The number of hydrogen-bond donors (Lipinski definition) is 1. The lowest BCUT2D eigenvalue weighted by atomic mass is 10.2. The molecule has 0 aliphatic rings. The summed E-state index contributed by atoms with van der Waals surface area (Å²) in [6, 6.07) is 2.22. The highest BCUT2D eigenvalue weighted by atomic mass is 32.2. The van der Waals surface area contributed by atoms with Gasteiger partial charge in [-0.25, -0.2) is 8.42 Å². The highest BCUT2D eigenvalue weighted by molar-refractivity contribution is 7.89. The van der Waals surface area contributed by atoms with Gasteiger partial charge in [-0.05, 0) is 18.9 Å². The second-order valence-corrected chi connectivity index (χ2v) is 9.27. The molecule has 1 rings (SSSR count). The molecule has 1 aromatic heterocycles. The van der Waals surface area contributed by atoms with Crippen LogP contribution in [-0.4, -0.2) is 31.9 Å². The topological polar surface area (TPSA) is 49.4 Å². The smallest absolute Gasteiger partial charge is 0.244 e. The standard InChI is InChI=1S/C15H28N2O2S2/c1-7-17(10-11(2)3)21(18,19)15-8-14(20-13(15)6)9-16-12(4)5/h8,11-12,16H,7,9-10H2,1-6H3. The number of sulfonamides is 1. The zero-order valence-electron chi connectivity index (χ0n) is 13.9. The molecule has 1 heterocycles. The molecular weight excluding hydrogens is 304 g/mol. The average molecular weight is 333 g/mol. The van der Waals surface area contributed by atoms with Crippen LogP contribution in [-0.2, 0) is 16.6 Å². The van der Waals surface area contributed by atoms with E-state index in [4.69, 9.17) is 0 Å². The van der Waals surface area contributed by atoms with E-state index in [0.717, 1.165) is 16.3 Å². The molecule has 1 aromatic rings. The third-order valence-corrected chi connectivity index (χ3v) is 6.39. The predicted octanol–water partition coefficient (Wildman–Crippen LogP) is 3.22. The van der Waals surface area contributed by atoms with Crippen molar-refractivity contribution in [2.24, 2.45) is 5.92 Å². The van der Waals surface area contributed by atoms with Gasteiger partial charge >= 0.3 is 0 Å². The summed E-state index contributed by atoms with van der Waals surface area (Å²) < 4.78 is 27.1. The van der Waals surface area contributed by atoms with Crippen molar-refractivity contribution < 1.29 is 8.42 Å². The van der Waals surface area contributed by atoms with Crippen molar-refractivity contribution >= 4 is 21.4 Å². The summed E-state index contributed by atoms with van der Waals surface area (Å²) in [5.41, 5.74) is 0. The molecule has 0 bridgehead atoms. The quantitative estimate of drug-likeness (QED) is 0.795. The lowest BCUT2D eigenvalue weighted by molar-refractivity contribution is 0.381. The Balaban J connectivity index is 3.02. The van der Waals surface area contributed by atoms with Crippen molar-refractivity contribution in [1.29, 1.82) is 0 Å². The van der Waals surface area contributed by atoms with Gasteiger partial charge in [0, 0.05) is 35.4 Å².